The maximum atomic E-state index is 12.7. The van der Waals surface area contributed by atoms with E-state index in [9.17, 15) is 18.0 Å². The quantitative estimate of drug-likeness (QED) is 0.603. The van der Waals surface area contributed by atoms with E-state index in [0.29, 0.717) is 29.2 Å². The number of nitrogens with zero attached hydrogens (tertiary/aromatic N) is 1. The van der Waals surface area contributed by atoms with Crippen molar-refractivity contribution in [3.63, 3.8) is 0 Å². The summed E-state index contributed by atoms with van der Waals surface area (Å²) in [5, 5.41) is 8.72. The third kappa shape index (κ3) is 5.20. The number of allylic oxidation sites excluding steroid dienone is 2. The van der Waals surface area contributed by atoms with Crippen LogP contribution in [0.4, 0.5) is 13.2 Å². The zero-order chi connectivity index (χ0) is 19.2. The average molecular weight is 363 g/mol. The fraction of sp³-hybridized carbons (Fsp3) is 0.158. The molecular formula is C19H16F3NO3. The van der Waals surface area contributed by atoms with Crippen molar-refractivity contribution in [3.05, 3.63) is 77.5 Å². The summed E-state index contributed by atoms with van der Waals surface area (Å²) < 4.78 is 43.5. The highest BCUT2D eigenvalue weighted by molar-refractivity contribution is 5.83. The Morgan fingerprint density at radius 2 is 1.81 bits per heavy atom. The fourth-order valence-electron chi connectivity index (χ4n) is 2.20. The first kappa shape index (κ1) is 19.2. The number of carboxylic acids is 1. The summed E-state index contributed by atoms with van der Waals surface area (Å²) in [6.07, 6.45) is 0.849. The third-order valence-corrected chi connectivity index (χ3v) is 3.36. The monoisotopic (exact) mass is 363 g/mol. The van der Waals surface area contributed by atoms with E-state index in [1.165, 1.54) is 30.5 Å². The molecule has 1 aromatic carbocycles. The molecule has 1 N–H and O–H groups in total. The molecular weight excluding hydrogens is 347 g/mol. The molecule has 1 aromatic heterocycles. The van der Waals surface area contributed by atoms with E-state index >= 15 is 0 Å². The van der Waals surface area contributed by atoms with Crippen LogP contribution in [0.15, 0.2) is 60.8 Å². The summed E-state index contributed by atoms with van der Waals surface area (Å²) in [4.78, 5) is 14.8. The summed E-state index contributed by atoms with van der Waals surface area (Å²) in [6.45, 7) is 2.27. The molecule has 4 nitrogen and oxygen atoms in total. The van der Waals surface area contributed by atoms with Crippen molar-refractivity contribution in [3.8, 4) is 5.88 Å². The molecule has 0 saturated heterocycles. The average Bonchev–Trinajstić information content (AvgIpc) is 2.59. The summed E-state index contributed by atoms with van der Waals surface area (Å²) in [5.74, 6) is -0.707. The Kier molecular flexibility index (Phi) is 6.16. The number of carboxylic acid groups (broad SMARTS) is 1. The first-order valence-electron chi connectivity index (χ1n) is 7.69. The predicted octanol–water partition coefficient (Wildman–Crippen LogP) is 4.57. The number of pyridine rings is 1. The SMILES string of the molecule is CCOc1ccc(/C(=C/C=C/C(=O)O)c2ccc(C(F)(F)F)cc2)cn1. The molecule has 0 bridgehead atoms. The minimum atomic E-state index is -4.42. The maximum absolute atomic E-state index is 12.7. The van der Waals surface area contributed by atoms with Gasteiger partial charge in [0.05, 0.1) is 12.2 Å². The molecule has 0 aliphatic heterocycles. The summed E-state index contributed by atoms with van der Waals surface area (Å²) in [7, 11) is 0. The molecule has 0 fully saturated rings. The largest absolute Gasteiger partial charge is 0.478 e. The number of hydrogen-bond acceptors (Lipinski definition) is 3. The number of carbonyl (C=O) groups is 1. The van der Waals surface area contributed by atoms with Crippen LogP contribution in [0.3, 0.4) is 0 Å². The Bertz CT molecular complexity index is 807. The summed E-state index contributed by atoms with van der Waals surface area (Å²) in [5.41, 5.74) is 0.889. The van der Waals surface area contributed by atoms with Crippen LogP contribution in [0, 0.1) is 0 Å². The van der Waals surface area contributed by atoms with Gasteiger partial charge in [-0.05, 0) is 36.3 Å². The molecule has 0 atom stereocenters. The first-order valence-corrected chi connectivity index (χ1v) is 7.69. The number of hydrogen-bond donors (Lipinski definition) is 1. The lowest BCUT2D eigenvalue weighted by molar-refractivity contribution is -0.137. The molecule has 136 valence electrons. The van der Waals surface area contributed by atoms with Crippen LogP contribution in [0.25, 0.3) is 5.57 Å². The van der Waals surface area contributed by atoms with Gasteiger partial charge in [0.25, 0.3) is 0 Å². The zero-order valence-electron chi connectivity index (χ0n) is 13.8. The van der Waals surface area contributed by atoms with Gasteiger partial charge in [-0.3, -0.25) is 0 Å². The van der Waals surface area contributed by atoms with Crippen molar-refractivity contribution in [1.29, 1.82) is 0 Å². The topological polar surface area (TPSA) is 59.4 Å². The number of alkyl halides is 3. The minimum Gasteiger partial charge on any atom is -0.478 e. The molecule has 2 aromatic rings. The summed E-state index contributed by atoms with van der Waals surface area (Å²) >= 11 is 0. The zero-order valence-corrected chi connectivity index (χ0v) is 13.8. The Hall–Kier alpha value is -3.09. The molecule has 0 unspecified atom stereocenters. The van der Waals surface area contributed by atoms with Gasteiger partial charge in [0.2, 0.25) is 5.88 Å². The summed E-state index contributed by atoms with van der Waals surface area (Å²) in [6, 6.07) is 7.96. The van der Waals surface area contributed by atoms with E-state index < -0.39 is 17.7 Å². The predicted molar refractivity (Wildman–Crippen MR) is 90.7 cm³/mol. The number of ether oxygens (including phenoxy) is 1. The van der Waals surface area contributed by atoms with Crippen LogP contribution in [0.2, 0.25) is 0 Å². The molecule has 0 aliphatic rings. The van der Waals surface area contributed by atoms with Crippen LogP contribution in [0.5, 0.6) is 5.88 Å². The Labute approximate surface area is 148 Å². The normalized spacial score (nSPS) is 12.4. The van der Waals surface area contributed by atoms with E-state index in [2.05, 4.69) is 4.98 Å². The number of aromatic nitrogens is 1. The van der Waals surface area contributed by atoms with Crippen molar-refractivity contribution < 1.29 is 27.8 Å². The van der Waals surface area contributed by atoms with Gasteiger partial charge in [-0.1, -0.05) is 24.3 Å². The Morgan fingerprint density at radius 1 is 1.15 bits per heavy atom. The number of benzene rings is 1. The van der Waals surface area contributed by atoms with E-state index in [4.69, 9.17) is 9.84 Å². The second-order valence-corrected chi connectivity index (χ2v) is 5.17. The number of aliphatic carboxylic acids is 1. The van der Waals surface area contributed by atoms with Crippen LogP contribution >= 0.6 is 0 Å². The van der Waals surface area contributed by atoms with Crippen molar-refractivity contribution >= 4 is 11.5 Å². The van der Waals surface area contributed by atoms with Gasteiger partial charge in [-0.2, -0.15) is 13.2 Å². The van der Waals surface area contributed by atoms with Crippen LogP contribution < -0.4 is 4.74 Å². The molecule has 0 amide bonds. The minimum absolute atomic E-state index is 0.420. The number of rotatable bonds is 6. The highest BCUT2D eigenvalue weighted by Crippen LogP contribution is 2.31. The van der Waals surface area contributed by atoms with Gasteiger partial charge < -0.3 is 9.84 Å². The highest BCUT2D eigenvalue weighted by atomic mass is 19.4. The molecule has 7 heteroatoms. The second kappa shape index (κ2) is 8.33. The van der Waals surface area contributed by atoms with E-state index in [1.54, 1.807) is 12.1 Å². The van der Waals surface area contributed by atoms with Crippen LogP contribution in [-0.2, 0) is 11.0 Å². The van der Waals surface area contributed by atoms with Crippen LogP contribution in [-0.4, -0.2) is 22.7 Å². The second-order valence-electron chi connectivity index (χ2n) is 5.17. The van der Waals surface area contributed by atoms with Gasteiger partial charge in [0.15, 0.2) is 0 Å². The number of halogens is 3. The van der Waals surface area contributed by atoms with Gasteiger partial charge in [-0.25, -0.2) is 9.78 Å². The lowest BCUT2D eigenvalue weighted by atomic mass is 9.97. The lowest BCUT2D eigenvalue weighted by Crippen LogP contribution is -2.04. The van der Waals surface area contributed by atoms with E-state index in [-0.39, 0.29) is 0 Å². The fourth-order valence-corrected chi connectivity index (χ4v) is 2.20. The van der Waals surface area contributed by atoms with E-state index in [1.807, 2.05) is 6.92 Å². The standard InChI is InChI=1S/C19H16F3NO3/c1-2-26-17-11-8-14(12-23-17)16(4-3-5-18(24)25)13-6-9-15(10-7-13)19(20,21)22/h3-12H,2H2,1H3,(H,24,25)/b5-3+,16-4+. The first-order chi connectivity index (χ1) is 12.3. The van der Waals surface area contributed by atoms with Crippen LogP contribution in [0.1, 0.15) is 23.6 Å². The van der Waals surface area contributed by atoms with Gasteiger partial charge >= 0.3 is 12.1 Å². The lowest BCUT2D eigenvalue weighted by Gasteiger charge is -2.11. The molecule has 2 rings (SSSR count). The van der Waals surface area contributed by atoms with Gasteiger partial charge in [-0.15, -0.1) is 0 Å². The third-order valence-electron chi connectivity index (χ3n) is 3.36. The molecule has 0 saturated carbocycles. The van der Waals surface area contributed by atoms with Gasteiger partial charge in [0, 0.05) is 23.9 Å². The van der Waals surface area contributed by atoms with Crippen molar-refractivity contribution in [2.24, 2.45) is 0 Å². The molecule has 0 radical (unpaired) electrons. The van der Waals surface area contributed by atoms with Crippen molar-refractivity contribution in [1.82, 2.24) is 4.98 Å². The maximum Gasteiger partial charge on any atom is 0.416 e. The van der Waals surface area contributed by atoms with Gasteiger partial charge in [0.1, 0.15) is 0 Å². The van der Waals surface area contributed by atoms with Crippen molar-refractivity contribution in [2.45, 2.75) is 13.1 Å². The molecule has 0 aliphatic carbocycles. The van der Waals surface area contributed by atoms with Crippen molar-refractivity contribution in [2.75, 3.05) is 6.61 Å². The highest BCUT2D eigenvalue weighted by Gasteiger charge is 2.30. The smallest absolute Gasteiger partial charge is 0.416 e. The Balaban J connectivity index is 2.42. The van der Waals surface area contributed by atoms with E-state index in [0.717, 1.165) is 18.2 Å². The Morgan fingerprint density at radius 3 is 2.31 bits per heavy atom. The molecule has 0 spiro atoms. The molecule has 26 heavy (non-hydrogen) atoms. The molecule has 1 heterocycles.